The van der Waals surface area contributed by atoms with Gasteiger partial charge in [-0.25, -0.2) is 0 Å². The van der Waals surface area contributed by atoms with Crippen LogP contribution in [0, 0.1) is 6.92 Å². The van der Waals surface area contributed by atoms with Crippen molar-refractivity contribution in [3.05, 3.63) is 59.7 Å². The second kappa shape index (κ2) is 6.91. The van der Waals surface area contributed by atoms with Gasteiger partial charge in [-0.2, -0.15) is 0 Å². The lowest BCUT2D eigenvalue weighted by molar-refractivity contribution is 0.417. The standard InChI is InChI=1S/C16H18N2OS/c1-12-7-9-13(10-8-12)11-17-16(20)18-14-5-3-4-6-15(14)19-2/h3-10H,11H2,1-2H3,(H2,17,18,20). The van der Waals surface area contributed by atoms with Crippen molar-refractivity contribution < 1.29 is 4.74 Å². The Hall–Kier alpha value is -2.07. The molecule has 0 atom stereocenters. The Morgan fingerprint density at radius 2 is 1.80 bits per heavy atom. The molecule has 0 unspecified atom stereocenters. The molecule has 0 saturated heterocycles. The zero-order valence-corrected chi connectivity index (χ0v) is 12.5. The summed E-state index contributed by atoms with van der Waals surface area (Å²) in [5, 5.41) is 6.90. The monoisotopic (exact) mass is 286 g/mol. The maximum atomic E-state index is 5.29. The molecule has 0 spiro atoms. The molecule has 0 aromatic heterocycles. The maximum absolute atomic E-state index is 5.29. The molecule has 0 heterocycles. The Labute approximate surface area is 125 Å². The number of benzene rings is 2. The number of thiocarbonyl (C=S) groups is 1. The molecule has 0 aliphatic rings. The van der Waals surface area contributed by atoms with Crippen LogP contribution in [0.3, 0.4) is 0 Å². The van der Waals surface area contributed by atoms with E-state index in [-0.39, 0.29) is 0 Å². The second-order valence-corrected chi connectivity index (χ2v) is 4.90. The van der Waals surface area contributed by atoms with Crippen molar-refractivity contribution >= 4 is 23.0 Å². The summed E-state index contributed by atoms with van der Waals surface area (Å²) in [6, 6.07) is 16.0. The molecule has 3 nitrogen and oxygen atoms in total. The van der Waals surface area contributed by atoms with E-state index in [1.165, 1.54) is 11.1 Å². The van der Waals surface area contributed by atoms with Crippen LogP contribution < -0.4 is 15.4 Å². The SMILES string of the molecule is COc1ccccc1NC(=S)NCc1ccc(C)cc1. The molecule has 2 rings (SSSR count). The predicted molar refractivity (Wildman–Crippen MR) is 87.2 cm³/mol. The van der Waals surface area contributed by atoms with E-state index in [9.17, 15) is 0 Å². The molecule has 2 N–H and O–H groups in total. The van der Waals surface area contributed by atoms with E-state index in [4.69, 9.17) is 17.0 Å². The fraction of sp³-hybridized carbons (Fsp3) is 0.188. The third kappa shape index (κ3) is 3.96. The average Bonchev–Trinajstić information content (AvgIpc) is 2.47. The third-order valence-corrected chi connectivity index (χ3v) is 3.18. The molecule has 0 radical (unpaired) electrons. The molecule has 0 bridgehead atoms. The highest BCUT2D eigenvalue weighted by Gasteiger charge is 2.03. The summed E-state index contributed by atoms with van der Waals surface area (Å²) in [4.78, 5) is 0. The van der Waals surface area contributed by atoms with Gasteiger partial charge < -0.3 is 15.4 Å². The van der Waals surface area contributed by atoms with Crippen molar-refractivity contribution in [1.82, 2.24) is 5.32 Å². The van der Waals surface area contributed by atoms with Gasteiger partial charge >= 0.3 is 0 Å². The Morgan fingerprint density at radius 1 is 1.10 bits per heavy atom. The fourth-order valence-corrected chi connectivity index (χ4v) is 1.98. The zero-order chi connectivity index (χ0) is 14.4. The van der Waals surface area contributed by atoms with Crippen LogP contribution >= 0.6 is 12.2 Å². The van der Waals surface area contributed by atoms with E-state index in [0.717, 1.165) is 11.4 Å². The van der Waals surface area contributed by atoms with Crippen LogP contribution in [0.15, 0.2) is 48.5 Å². The smallest absolute Gasteiger partial charge is 0.171 e. The highest BCUT2D eigenvalue weighted by atomic mass is 32.1. The Morgan fingerprint density at radius 3 is 2.50 bits per heavy atom. The van der Waals surface area contributed by atoms with Gasteiger partial charge in [-0.15, -0.1) is 0 Å². The topological polar surface area (TPSA) is 33.3 Å². The minimum atomic E-state index is 0.579. The van der Waals surface area contributed by atoms with Crippen LogP contribution in [0.1, 0.15) is 11.1 Å². The highest BCUT2D eigenvalue weighted by Crippen LogP contribution is 2.22. The molecule has 104 valence electrons. The number of ether oxygens (including phenoxy) is 1. The summed E-state index contributed by atoms with van der Waals surface area (Å²) in [7, 11) is 1.64. The average molecular weight is 286 g/mol. The largest absolute Gasteiger partial charge is 0.495 e. The summed E-state index contributed by atoms with van der Waals surface area (Å²) >= 11 is 5.29. The Bertz CT molecular complexity index is 581. The molecule has 2 aromatic rings. The number of hydrogen-bond donors (Lipinski definition) is 2. The first-order valence-corrected chi connectivity index (χ1v) is 6.83. The van der Waals surface area contributed by atoms with Crippen LogP contribution in [-0.2, 0) is 6.54 Å². The number of para-hydroxylation sites is 2. The van der Waals surface area contributed by atoms with E-state index in [2.05, 4.69) is 41.8 Å². The summed E-state index contributed by atoms with van der Waals surface area (Å²) in [6.07, 6.45) is 0. The van der Waals surface area contributed by atoms with Gasteiger partial charge in [-0.1, -0.05) is 42.0 Å². The summed E-state index contributed by atoms with van der Waals surface area (Å²) in [5.74, 6) is 0.770. The predicted octanol–water partition coefficient (Wildman–Crippen LogP) is 3.49. The molecule has 0 fully saturated rings. The number of methoxy groups -OCH3 is 1. The minimum absolute atomic E-state index is 0.579. The van der Waals surface area contributed by atoms with Gasteiger partial charge in [0.2, 0.25) is 0 Å². The van der Waals surface area contributed by atoms with E-state index in [1.54, 1.807) is 7.11 Å². The molecule has 0 aliphatic heterocycles. The first-order valence-electron chi connectivity index (χ1n) is 6.42. The Balaban J connectivity index is 1.91. The van der Waals surface area contributed by atoms with Crippen molar-refractivity contribution in [2.45, 2.75) is 13.5 Å². The number of hydrogen-bond acceptors (Lipinski definition) is 2. The normalized spacial score (nSPS) is 9.90. The van der Waals surface area contributed by atoms with Crippen molar-refractivity contribution in [3.63, 3.8) is 0 Å². The second-order valence-electron chi connectivity index (χ2n) is 4.49. The lowest BCUT2D eigenvalue weighted by atomic mass is 10.1. The van der Waals surface area contributed by atoms with E-state index in [1.807, 2.05) is 24.3 Å². The lowest BCUT2D eigenvalue weighted by Gasteiger charge is -2.13. The number of aryl methyl sites for hydroxylation is 1. The maximum Gasteiger partial charge on any atom is 0.171 e. The van der Waals surface area contributed by atoms with Gasteiger partial charge in [0.25, 0.3) is 0 Å². The molecular formula is C16H18N2OS. The van der Waals surface area contributed by atoms with Crippen molar-refractivity contribution in [2.24, 2.45) is 0 Å². The van der Waals surface area contributed by atoms with Gasteiger partial charge in [0, 0.05) is 6.54 Å². The van der Waals surface area contributed by atoms with Gasteiger partial charge in [0.15, 0.2) is 5.11 Å². The van der Waals surface area contributed by atoms with Crippen molar-refractivity contribution in [3.8, 4) is 5.75 Å². The summed E-state index contributed by atoms with van der Waals surface area (Å²) in [5.41, 5.74) is 3.31. The van der Waals surface area contributed by atoms with Crippen molar-refractivity contribution in [2.75, 3.05) is 12.4 Å². The molecule has 0 amide bonds. The van der Waals surface area contributed by atoms with Gasteiger partial charge in [0.05, 0.1) is 12.8 Å². The number of anilines is 1. The zero-order valence-electron chi connectivity index (χ0n) is 11.6. The summed E-state index contributed by atoms with van der Waals surface area (Å²) < 4.78 is 5.27. The molecule has 4 heteroatoms. The Kier molecular flexibility index (Phi) is 4.96. The van der Waals surface area contributed by atoms with Gasteiger partial charge in [-0.05, 0) is 36.8 Å². The summed E-state index contributed by atoms with van der Waals surface area (Å²) in [6.45, 7) is 2.77. The fourth-order valence-electron chi connectivity index (χ4n) is 1.80. The van der Waals surface area contributed by atoms with Crippen LogP contribution in [0.4, 0.5) is 5.69 Å². The molecule has 0 saturated carbocycles. The molecule has 20 heavy (non-hydrogen) atoms. The first kappa shape index (κ1) is 14.3. The van der Waals surface area contributed by atoms with Crippen LogP contribution in [-0.4, -0.2) is 12.2 Å². The van der Waals surface area contributed by atoms with Gasteiger partial charge in [0.1, 0.15) is 5.75 Å². The quantitative estimate of drug-likeness (QED) is 0.843. The van der Waals surface area contributed by atoms with Crippen LogP contribution in [0.2, 0.25) is 0 Å². The number of rotatable bonds is 4. The number of nitrogens with one attached hydrogen (secondary N) is 2. The third-order valence-electron chi connectivity index (χ3n) is 2.93. The minimum Gasteiger partial charge on any atom is -0.495 e. The van der Waals surface area contributed by atoms with E-state index < -0.39 is 0 Å². The van der Waals surface area contributed by atoms with Crippen LogP contribution in [0.25, 0.3) is 0 Å². The van der Waals surface area contributed by atoms with E-state index >= 15 is 0 Å². The van der Waals surface area contributed by atoms with Crippen molar-refractivity contribution in [1.29, 1.82) is 0 Å². The molecule has 2 aromatic carbocycles. The van der Waals surface area contributed by atoms with Gasteiger partial charge in [-0.3, -0.25) is 0 Å². The lowest BCUT2D eigenvalue weighted by Crippen LogP contribution is -2.28. The first-order chi connectivity index (χ1) is 9.69. The molecular weight excluding hydrogens is 268 g/mol. The highest BCUT2D eigenvalue weighted by molar-refractivity contribution is 7.80. The van der Waals surface area contributed by atoms with Crippen LogP contribution in [0.5, 0.6) is 5.75 Å². The molecule has 0 aliphatic carbocycles. The van der Waals surface area contributed by atoms with E-state index in [0.29, 0.717) is 11.7 Å².